The molecular formula is C28H30N4O5. The van der Waals surface area contributed by atoms with Crippen molar-refractivity contribution in [3.8, 4) is 11.5 Å². The van der Waals surface area contributed by atoms with Crippen molar-refractivity contribution in [3.05, 3.63) is 82.4 Å². The van der Waals surface area contributed by atoms with Crippen molar-refractivity contribution in [2.45, 2.75) is 27.7 Å². The third-order valence-electron chi connectivity index (χ3n) is 5.49. The topological polar surface area (TPSA) is 118 Å². The van der Waals surface area contributed by atoms with E-state index >= 15 is 0 Å². The maximum Gasteiger partial charge on any atom is 0.329 e. The fourth-order valence-electron chi connectivity index (χ4n) is 3.55. The van der Waals surface area contributed by atoms with Gasteiger partial charge in [-0.1, -0.05) is 18.2 Å². The smallest absolute Gasteiger partial charge is 0.329 e. The quantitative estimate of drug-likeness (QED) is 0.244. The average Bonchev–Trinajstić information content (AvgIpc) is 2.85. The van der Waals surface area contributed by atoms with Crippen LogP contribution in [0.25, 0.3) is 0 Å². The number of rotatable bonds is 8. The molecule has 0 heterocycles. The van der Waals surface area contributed by atoms with E-state index in [1.165, 1.54) is 13.3 Å². The number of nitrogens with one attached hydrogen (secondary N) is 3. The molecule has 3 aromatic carbocycles. The summed E-state index contributed by atoms with van der Waals surface area (Å²) in [5.41, 5.74) is 8.03. The van der Waals surface area contributed by atoms with Crippen molar-refractivity contribution in [1.29, 1.82) is 0 Å². The Morgan fingerprint density at radius 1 is 0.865 bits per heavy atom. The molecular weight excluding hydrogens is 472 g/mol. The van der Waals surface area contributed by atoms with E-state index in [0.717, 1.165) is 22.3 Å². The molecule has 0 fully saturated rings. The van der Waals surface area contributed by atoms with Gasteiger partial charge in [0.1, 0.15) is 0 Å². The highest BCUT2D eigenvalue weighted by Gasteiger charge is 2.14. The Balaban J connectivity index is 1.54. The van der Waals surface area contributed by atoms with E-state index in [9.17, 15) is 14.4 Å². The Kier molecular flexibility index (Phi) is 8.99. The molecule has 0 saturated heterocycles. The minimum atomic E-state index is -0.904. The van der Waals surface area contributed by atoms with E-state index in [1.54, 1.807) is 30.3 Å². The van der Waals surface area contributed by atoms with Crippen LogP contribution in [-0.4, -0.2) is 37.7 Å². The SMILES string of the molecule is COc1cc(/C=N\NC(=O)C(=O)Nc2cccc(C)c2C)ccc1OCC(=O)Nc1cc(C)cc(C)c1. The van der Waals surface area contributed by atoms with Crippen LogP contribution in [0.1, 0.15) is 27.8 Å². The maximum atomic E-state index is 12.3. The van der Waals surface area contributed by atoms with Crippen molar-refractivity contribution in [2.24, 2.45) is 5.10 Å². The molecule has 0 aliphatic carbocycles. The first-order valence-corrected chi connectivity index (χ1v) is 11.6. The molecule has 3 aromatic rings. The number of nitrogens with zero attached hydrogens (tertiary/aromatic N) is 1. The van der Waals surface area contributed by atoms with Crippen LogP contribution in [-0.2, 0) is 14.4 Å². The van der Waals surface area contributed by atoms with Gasteiger partial charge in [0.25, 0.3) is 5.91 Å². The summed E-state index contributed by atoms with van der Waals surface area (Å²) in [4.78, 5) is 36.6. The summed E-state index contributed by atoms with van der Waals surface area (Å²) in [7, 11) is 1.47. The van der Waals surface area contributed by atoms with Crippen molar-refractivity contribution < 1.29 is 23.9 Å². The second kappa shape index (κ2) is 12.3. The van der Waals surface area contributed by atoms with Gasteiger partial charge in [0.05, 0.1) is 13.3 Å². The highest BCUT2D eigenvalue weighted by atomic mass is 16.5. The van der Waals surface area contributed by atoms with Crippen LogP contribution >= 0.6 is 0 Å². The third kappa shape index (κ3) is 7.66. The Morgan fingerprint density at radius 3 is 2.30 bits per heavy atom. The van der Waals surface area contributed by atoms with Crippen LogP contribution in [0, 0.1) is 27.7 Å². The van der Waals surface area contributed by atoms with E-state index < -0.39 is 11.8 Å². The number of methoxy groups -OCH3 is 1. The van der Waals surface area contributed by atoms with Gasteiger partial charge in [-0.2, -0.15) is 5.10 Å². The number of benzene rings is 3. The number of carbonyl (C=O) groups excluding carboxylic acids is 3. The number of hydrazone groups is 1. The summed E-state index contributed by atoms with van der Waals surface area (Å²) in [6.45, 7) is 7.49. The molecule has 9 heteroatoms. The second-order valence-electron chi connectivity index (χ2n) is 8.52. The van der Waals surface area contributed by atoms with Crippen LogP contribution in [0.4, 0.5) is 11.4 Å². The number of anilines is 2. The Labute approximate surface area is 215 Å². The Morgan fingerprint density at radius 2 is 1.59 bits per heavy atom. The van der Waals surface area contributed by atoms with Gasteiger partial charge in [0, 0.05) is 11.4 Å². The number of hydrogen-bond donors (Lipinski definition) is 3. The second-order valence-corrected chi connectivity index (χ2v) is 8.52. The molecule has 0 spiro atoms. The first-order chi connectivity index (χ1) is 17.7. The third-order valence-corrected chi connectivity index (χ3v) is 5.49. The zero-order valence-corrected chi connectivity index (χ0v) is 21.5. The normalized spacial score (nSPS) is 10.6. The van der Waals surface area contributed by atoms with Gasteiger partial charge < -0.3 is 20.1 Å². The lowest BCUT2D eigenvalue weighted by molar-refractivity contribution is -0.136. The number of ether oxygens (including phenoxy) is 2. The summed E-state index contributed by atoms with van der Waals surface area (Å²) in [6.07, 6.45) is 1.36. The molecule has 0 bridgehead atoms. The molecule has 0 unspecified atom stereocenters. The summed E-state index contributed by atoms with van der Waals surface area (Å²) in [5.74, 6) is -1.29. The maximum absolute atomic E-state index is 12.3. The molecule has 9 nitrogen and oxygen atoms in total. The molecule has 0 atom stereocenters. The van der Waals surface area contributed by atoms with Crippen LogP contribution in [0.15, 0.2) is 59.7 Å². The lowest BCUT2D eigenvalue weighted by Gasteiger charge is -2.12. The van der Waals surface area contributed by atoms with E-state index in [0.29, 0.717) is 28.4 Å². The Hall–Kier alpha value is -4.66. The molecule has 0 saturated carbocycles. The van der Waals surface area contributed by atoms with Crippen LogP contribution < -0.4 is 25.5 Å². The number of amides is 3. The van der Waals surface area contributed by atoms with Gasteiger partial charge in [0.2, 0.25) is 0 Å². The van der Waals surface area contributed by atoms with Gasteiger partial charge in [-0.15, -0.1) is 0 Å². The van der Waals surface area contributed by atoms with Gasteiger partial charge >= 0.3 is 11.8 Å². The highest BCUT2D eigenvalue weighted by molar-refractivity contribution is 6.39. The predicted octanol–water partition coefficient (Wildman–Crippen LogP) is 4.04. The predicted molar refractivity (Wildman–Crippen MR) is 143 cm³/mol. The highest BCUT2D eigenvalue weighted by Crippen LogP contribution is 2.27. The molecule has 3 rings (SSSR count). The zero-order chi connectivity index (χ0) is 26.9. The van der Waals surface area contributed by atoms with E-state index in [1.807, 2.05) is 52.0 Å². The van der Waals surface area contributed by atoms with E-state index in [2.05, 4.69) is 21.2 Å². The molecule has 0 aromatic heterocycles. The summed E-state index contributed by atoms with van der Waals surface area (Å²) < 4.78 is 11.0. The van der Waals surface area contributed by atoms with Gasteiger partial charge in [-0.05, 0) is 91.9 Å². The molecule has 3 amide bonds. The lowest BCUT2D eigenvalue weighted by atomic mass is 10.1. The van der Waals surface area contributed by atoms with Crippen molar-refractivity contribution in [3.63, 3.8) is 0 Å². The molecule has 192 valence electrons. The zero-order valence-electron chi connectivity index (χ0n) is 21.5. The lowest BCUT2D eigenvalue weighted by Crippen LogP contribution is -2.32. The Bertz CT molecular complexity index is 1330. The first-order valence-electron chi connectivity index (χ1n) is 11.6. The number of aryl methyl sites for hydroxylation is 3. The van der Waals surface area contributed by atoms with E-state index in [-0.39, 0.29) is 12.5 Å². The van der Waals surface area contributed by atoms with Crippen molar-refractivity contribution in [1.82, 2.24) is 5.43 Å². The van der Waals surface area contributed by atoms with Crippen LogP contribution in [0.2, 0.25) is 0 Å². The summed E-state index contributed by atoms with van der Waals surface area (Å²) >= 11 is 0. The van der Waals surface area contributed by atoms with Crippen molar-refractivity contribution >= 4 is 35.3 Å². The minimum Gasteiger partial charge on any atom is -0.493 e. The van der Waals surface area contributed by atoms with Crippen LogP contribution in [0.5, 0.6) is 11.5 Å². The molecule has 0 aliphatic heterocycles. The van der Waals surface area contributed by atoms with E-state index in [4.69, 9.17) is 9.47 Å². The van der Waals surface area contributed by atoms with Crippen LogP contribution in [0.3, 0.4) is 0 Å². The largest absolute Gasteiger partial charge is 0.493 e. The van der Waals surface area contributed by atoms with Gasteiger partial charge in [-0.25, -0.2) is 5.43 Å². The fraction of sp³-hybridized carbons (Fsp3) is 0.214. The fourth-order valence-corrected chi connectivity index (χ4v) is 3.55. The minimum absolute atomic E-state index is 0.206. The van der Waals surface area contributed by atoms with Gasteiger partial charge in [-0.3, -0.25) is 14.4 Å². The van der Waals surface area contributed by atoms with Crippen molar-refractivity contribution in [2.75, 3.05) is 24.4 Å². The summed E-state index contributed by atoms with van der Waals surface area (Å²) in [6, 6.07) is 16.1. The molecule has 0 radical (unpaired) electrons. The number of hydrogen-bond acceptors (Lipinski definition) is 6. The molecule has 3 N–H and O–H groups in total. The molecule has 0 aliphatic rings. The molecule has 37 heavy (non-hydrogen) atoms. The monoisotopic (exact) mass is 502 g/mol. The first kappa shape index (κ1) is 26.9. The van der Waals surface area contributed by atoms with Gasteiger partial charge in [0.15, 0.2) is 18.1 Å². The standard InChI is InChI=1S/C28H30N4O5/c1-17-11-18(2)13-22(12-17)30-26(33)16-37-24-10-9-21(14-25(24)36-5)15-29-32-28(35)27(34)31-23-8-6-7-19(3)20(23)4/h6-15H,16H2,1-5H3,(H,30,33)(H,31,34)(H,32,35)/b29-15-. The number of carbonyl (C=O) groups is 3. The average molecular weight is 503 g/mol. The summed E-state index contributed by atoms with van der Waals surface area (Å²) in [5, 5.41) is 9.23.